The Labute approximate surface area is 184 Å². The summed E-state index contributed by atoms with van der Waals surface area (Å²) in [5, 5.41) is 3.55. The molecule has 1 N–H and O–H groups in total. The van der Waals surface area contributed by atoms with Crippen molar-refractivity contribution in [3.05, 3.63) is 65.7 Å². The molecule has 1 aliphatic carbocycles. The van der Waals surface area contributed by atoms with Crippen LogP contribution in [0.5, 0.6) is 0 Å². The second-order valence-corrected chi connectivity index (χ2v) is 9.61. The first-order chi connectivity index (χ1) is 15.0. The second kappa shape index (κ2) is 7.97. The van der Waals surface area contributed by atoms with Crippen LogP contribution in [-0.4, -0.2) is 53.8 Å². The van der Waals surface area contributed by atoms with Gasteiger partial charge in [0.25, 0.3) is 0 Å². The van der Waals surface area contributed by atoms with Gasteiger partial charge in [-0.3, -0.25) is 0 Å². The minimum Gasteiger partial charge on any atom is -0.357 e. The molecule has 2 aromatic heterocycles. The maximum atomic E-state index is 12.4. The predicted octanol–water partition coefficient (Wildman–Crippen LogP) is 2.77. The number of rotatable bonds is 3. The van der Waals surface area contributed by atoms with Gasteiger partial charge in [0.2, 0.25) is 0 Å². The Morgan fingerprint density at radius 3 is 2.81 bits per heavy atom. The number of likely N-dealkylation sites (N-methyl/N-ethyl adjacent to an activating group) is 1. The number of aryl methyl sites for hydroxylation is 1. The van der Waals surface area contributed by atoms with Gasteiger partial charge < -0.3 is 10.2 Å². The summed E-state index contributed by atoms with van der Waals surface area (Å²) in [6, 6.07) is 0. The van der Waals surface area contributed by atoms with Gasteiger partial charge in [0.15, 0.2) is 5.82 Å². The molecule has 4 heterocycles. The molecule has 0 spiro atoms. The zero-order valence-corrected chi connectivity index (χ0v) is 18.6. The molecular weight excluding hydrogens is 410 g/mol. The molecule has 8 nitrogen and oxygen atoms in total. The van der Waals surface area contributed by atoms with Crippen LogP contribution in [0.25, 0.3) is 5.57 Å². The minimum absolute atomic E-state index is 0.0673. The van der Waals surface area contributed by atoms with E-state index in [0.717, 1.165) is 52.7 Å². The third-order valence-electron chi connectivity index (χ3n) is 5.80. The van der Waals surface area contributed by atoms with Crippen molar-refractivity contribution in [2.75, 3.05) is 30.4 Å². The van der Waals surface area contributed by atoms with Gasteiger partial charge in [0.05, 0.1) is 10.9 Å². The third-order valence-corrected chi connectivity index (χ3v) is 7.30. The molecule has 5 rings (SSSR count). The van der Waals surface area contributed by atoms with Gasteiger partial charge in [-0.2, -0.15) is 0 Å². The zero-order valence-electron chi connectivity index (χ0n) is 17.8. The maximum Gasteiger partial charge on any atom is 0.158 e. The van der Waals surface area contributed by atoms with Crippen molar-refractivity contribution >= 4 is 28.1 Å². The van der Waals surface area contributed by atoms with E-state index < -0.39 is 11.0 Å². The molecular formula is C22H25N7OS. The van der Waals surface area contributed by atoms with Gasteiger partial charge in [-0.05, 0) is 31.4 Å². The standard InChI is InChI=1S/C22H25N7OS/c1-4-29-21(17-10-23-14(2)24-11-17)27-20-19(25-13-26-22(20)29)16-6-5-7-18-9-15(8-16)12-28(3)31(18)30/h5,7-11,13,18,21,27H,4,6,12H2,1-3H3/b7-5-,16-8+. The van der Waals surface area contributed by atoms with E-state index in [2.05, 4.69) is 55.3 Å². The van der Waals surface area contributed by atoms with Gasteiger partial charge in [-0.1, -0.05) is 24.3 Å². The number of allylic oxidation sites excluding steroid dienone is 2. The van der Waals surface area contributed by atoms with Gasteiger partial charge in [0, 0.05) is 38.1 Å². The lowest BCUT2D eigenvalue weighted by Gasteiger charge is -2.27. The lowest BCUT2D eigenvalue weighted by molar-refractivity contribution is 0.551. The summed E-state index contributed by atoms with van der Waals surface area (Å²) >= 11 is 0. The average Bonchev–Trinajstić information content (AvgIpc) is 3.13. The van der Waals surface area contributed by atoms with E-state index in [1.54, 1.807) is 6.33 Å². The Balaban J connectivity index is 1.55. The van der Waals surface area contributed by atoms with Crippen LogP contribution in [-0.2, 0) is 11.0 Å². The topological polar surface area (TPSA) is 87.1 Å². The fraction of sp³-hybridized carbons (Fsp3) is 0.364. The fourth-order valence-corrected chi connectivity index (χ4v) is 5.52. The van der Waals surface area contributed by atoms with Crippen LogP contribution in [0.15, 0.2) is 48.6 Å². The van der Waals surface area contributed by atoms with Crippen molar-refractivity contribution in [2.24, 2.45) is 0 Å². The molecule has 3 atom stereocenters. The second-order valence-electron chi connectivity index (χ2n) is 7.89. The molecule has 3 unspecified atom stereocenters. The molecule has 2 aromatic rings. The summed E-state index contributed by atoms with van der Waals surface area (Å²) < 4.78 is 14.3. The highest BCUT2D eigenvalue weighted by Crippen LogP contribution is 2.43. The van der Waals surface area contributed by atoms with E-state index in [9.17, 15) is 4.21 Å². The van der Waals surface area contributed by atoms with Crippen molar-refractivity contribution in [1.82, 2.24) is 24.2 Å². The zero-order chi connectivity index (χ0) is 21.5. The maximum absolute atomic E-state index is 12.4. The highest BCUT2D eigenvalue weighted by atomic mass is 32.2. The van der Waals surface area contributed by atoms with E-state index in [4.69, 9.17) is 0 Å². The summed E-state index contributed by atoms with van der Waals surface area (Å²) in [6.07, 6.45) is 14.4. The molecule has 0 fully saturated rings. The van der Waals surface area contributed by atoms with Gasteiger partial charge in [-0.15, -0.1) is 0 Å². The van der Waals surface area contributed by atoms with Gasteiger partial charge in [-0.25, -0.2) is 28.5 Å². The van der Waals surface area contributed by atoms with Crippen LogP contribution in [0.3, 0.4) is 0 Å². The Bertz CT molecular complexity index is 1130. The summed E-state index contributed by atoms with van der Waals surface area (Å²) in [5.41, 5.74) is 5.10. The molecule has 2 aliphatic heterocycles. The van der Waals surface area contributed by atoms with Crippen molar-refractivity contribution in [3.8, 4) is 0 Å². The molecule has 0 saturated heterocycles. The highest BCUT2D eigenvalue weighted by Gasteiger charge is 2.34. The molecule has 160 valence electrons. The largest absolute Gasteiger partial charge is 0.357 e. The van der Waals surface area contributed by atoms with E-state index in [1.165, 1.54) is 0 Å². The molecule has 31 heavy (non-hydrogen) atoms. The first-order valence-corrected chi connectivity index (χ1v) is 11.6. The van der Waals surface area contributed by atoms with Crippen LogP contribution in [0.1, 0.15) is 36.6 Å². The number of aromatic nitrogens is 4. The van der Waals surface area contributed by atoms with Gasteiger partial charge >= 0.3 is 0 Å². The lowest BCUT2D eigenvalue weighted by Crippen LogP contribution is -2.34. The van der Waals surface area contributed by atoms with Gasteiger partial charge in [0.1, 0.15) is 35.0 Å². The first kappa shape index (κ1) is 20.0. The van der Waals surface area contributed by atoms with Crippen molar-refractivity contribution < 1.29 is 4.21 Å². The number of hydrogen-bond acceptors (Lipinski definition) is 7. The van der Waals surface area contributed by atoms with Crippen LogP contribution < -0.4 is 10.2 Å². The van der Waals surface area contributed by atoms with Crippen LogP contribution in [0.4, 0.5) is 11.5 Å². The van der Waals surface area contributed by atoms with Crippen molar-refractivity contribution in [2.45, 2.75) is 31.7 Å². The summed E-state index contributed by atoms with van der Waals surface area (Å²) in [4.78, 5) is 20.2. The number of fused-ring (bicyclic) bond motifs is 2. The highest BCUT2D eigenvalue weighted by molar-refractivity contribution is 7.83. The number of nitrogens with zero attached hydrogens (tertiary/aromatic N) is 6. The van der Waals surface area contributed by atoms with E-state index in [-0.39, 0.29) is 11.4 Å². The SMILES string of the molecule is CCN1c2ncnc(/C3=C/C4=CC(/C=C\C3)S(=O)N(C)C4)c2NC1c1cnc(C)nc1. The predicted molar refractivity (Wildman–Crippen MR) is 123 cm³/mol. The first-order valence-electron chi connectivity index (χ1n) is 10.4. The van der Waals surface area contributed by atoms with Crippen LogP contribution in [0, 0.1) is 6.92 Å². The quantitative estimate of drug-likeness (QED) is 0.742. The minimum atomic E-state index is -1.02. The normalized spacial score (nSPS) is 28.0. The molecule has 0 amide bonds. The van der Waals surface area contributed by atoms with Crippen LogP contribution >= 0.6 is 0 Å². The van der Waals surface area contributed by atoms with Crippen molar-refractivity contribution in [1.29, 1.82) is 0 Å². The van der Waals surface area contributed by atoms with E-state index in [1.807, 2.05) is 36.7 Å². The summed E-state index contributed by atoms with van der Waals surface area (Å²) in [7, 11) is 0.883. The molecule has 0 aromatic carbocycles. The molecule has 3 aliphatic rings. The number of hydrogen-bond donors (Lipinski definition) is 1. The molecule has 0 saturated carbocycles. The lowest BCUT2D eigenvalue weighted by atomic mass is 10.00. The van der Waals surface area contributed by atoms with E-state index in [0.29, 0.717) is 6.54 Å². The van der Waals surface area contributed by atoms with Crippen molar-refractivity contribution in [3.63, 3.8) is 0 Å². The monoisotopic (exact) mass is 435 g/mol. The average molecular weight is 436 g/mol. The number of anilines is 2. The summed E-state index contributed by atoms with van der Waals surface area (Å²) in [5.74, 6) is 1.64. The number of nitrogens with one attached hydrogen (secondary N) is 1. The smallest absolute Gasteiger partial charge is 0.158 e. The molecule has 2 bridgehead atoms. The summed E-state index contributed by atoms with van der Waals surface area (Å²) in [6.45, 7) is 5.44. The molecule has 9 heteroatoms. The Morgan fingerprint density at radius 1 is 1.23 bits per heavy atom. The Morgan fingerprint density at radius 2 is 2.03 bits per heavy atom. The Kier molecular flexibility index (Phi) is 5.15. The Hall–Kier alpha value is -2.91. The van der Waals surface area contributed by atoms with Crippen LogP contribution in [0.2, 0.25) is 0 Å². The van der Waals surface area contributed by atoms with E-state index >= 15 is 0 Å². The third kappa shape index (κ3) is 3.57. The fourth-order valence-electron chi connectivity index (χ4n) is 4.29. The molecule has 0 radical (unpaired) electrons.